The van der Waals surface area contributed by atoms with Gasteiger partial charge in [0.1, 0.15) is 11.5 Å². The summed E-state index contributed by atoms with van der Waals surface area (Å²) in [5, 5.41) is 16.3. The first-order valence-corrected chi connectivity index (χ1v) is 10.9. The molecule has 8 heteroatoms. The molecule has 4 rings (SSSR count). The van der Waals surface area contributed by atoms with E-state index in [9.17, 15) is 14.3 Å². The number of rotatable bonds is 5. The van der Waals surface area contributed by atoms with Gasteiger partial charge in [-0.25, -0.2) is 14.1 Å². The van der Waals surface area contributed by atoms with Crippen LogP contribution in [0.5, 0.6) is 0 Å². The van der Waals surface area contributed by atoms with Crippen LogP contribution in [0.25, 0.3) is 21.8 Å². The van der Waals surface area contributed by atoms with Gasteiger partial charge in [-0.1, -0.05) is 30.6 Å². The molecule has 1 aromatic carbocycles. The van der Waals surface area contributed by atoms with Crippen LogP contribution in [0.2, 0.25) is 0 Å². The van der Waals surface area contributed by atoms with Gasteiger partial charge in [-0.15, -0.1) is 0 Å². The van der Waals surface area contributed by atoms with Gasteiger partial charge in [0, 0.05) is 25.7 Å². The van der Waals surface area contributed by atoms with Crippen molar-refractivity contribution in [2.75, 3.05) is 19.0 Å². The monoisotopic (exact) mass is 428 g/mol. The molecule has 1 aliphatic carbocycles. The summed E-state index contributed by atoms with van der Waals surface area (Å²) in [4.78, 5) is 19.9. The van der Waals surface area contributed by atoms with Gasteiger partial charge in [0.05, 0.1) is 22.7 Å². The van der Waals surface area contributed by atoms with E-state index in [2.05, 4.69) is 5.10 Å². The summed E-state index contributed by atoms with van der Waals surface area (Å²) in [6.45, 7) is 0.185. The Balaban J connectivity index is 1.76. The van der Waals surface area contributed by atoms with Crippen molar-refractivity contribution in [3.05, 3.63) is 52.6 Å². The van der Waals surface area contributed by atoms with E-state index in [1.54, 1.807) is 18.2 Å². The van der Waals surface area contributed by atoms with Crippen molar-refractivity contribution >= 4 is 16.5 Å². The lowest BCUT2D eigenvalue weighted by Crippen LogP contribution is -2.40. The number of hydrogen-bond donors (Lipinski definition) is 1. The third-order valence-electron chi connectivity index (χ3n) is 5.44. The van der Waals surface area contributed by atoms with E-state index in [0.717, 1.165) is 34.8 Å². The lowest BCUT2D eigenvalue weighted by molar-refractivity contribution is -0.0153. The van der Waals surface area contributed by atoms with Crippen molar-refractivity contribution in [1.29, 1.82) is 0 Å². The highest BCUT2D eigenvalue weighted by Crippen LogP contribution is 2.39. The average Bonchev–Trinajstić information content (AvgIpc) is 3.16. The van der Waals surface area contributed by atoms with Crippen LogP contribution in [-0.2, 0) is 6.54 Å². The van der Waals surface area contributed by atoms with E-state index < -0.39 is 5.60 Å². The van der Waals surface area contributed by atoms with E-state index in [-0.39, 0.29) is 17.9 Å². The van der Waals surface area contributed by atoms with Crippen LogP contribution in [0.3, 0.4) is 0 Å². The largest absolute Gasteiger partial charge is 0.388 e. The second-order valence-electron chi connectivity index (χ2n) is 8.07. The Bertz CT molecular complexity index is 1090. The molecular formula is C22H25FN4O2S. The molecule has 1 N–H and O–H groups in total. The van der Waals surface area contributed by atoms with E-state index in [1.165, 1.54) is 34.2 Å². The minimum atomic E-state index is -0.893. The van der Waals surface area contributed by atoms with Gasteiger partial charge >= 0.3 is 0 Å². The number of anilines is 1. The van der Waals surface area contributed by atoms with Gasteiger partial charge in [-0.2, -0.15) is 5.10 Å². The zero-order chi connectivity index (χ0) is 21.3. The van der Waals surface area contributed by atoms with E-state index in [0.29, 0.717) is 24.2 Å². The maximum absolute atomic E-state index is 13.4. The van der Waals surface area contributed by atoms with Crippen molar-refractivity contribution in [1.82, 2.24) is 14.8 Å². The SMILES string of the molecule is CN(C)c1nc(-c2ccc(F)cc2)c(-c2ccc(=O)n(CC3(O)CCCCC3)n2)s1. The number of benzene rings is 1. The van der Waals surface area contributed by atoms with Gasteiger partial charge in [0.25, 0.3) is 5.56 Å². The summed E-state index contributed by atoms with van der Waals surface area (Å²) < 4.78 is 14.8. The molecule has 0 bridgehead atoms. The lowest BCUT2D eigenvalue weighted by Gasteiger charge is -2.31. The molecule has 0 atom stereocenters. The summed E-state index contributed by atoms with van der Waals surface area (Å²) in [6.07, 6.45) is 4.39. The van der Waals surface area contributed by atoms with Crippen LogP contribution in [0.15, 0.2) is 41.2 Å². The molecule has 0 radical (unpaired) electrons. The van der Waals surface area contributed by atoms with Crippen molar-refractivity contribution in [3.8, 4) is 21.8 Å². The van der Waals surface area contributed by atoms with Gasteiger partial charge in [-0.3, -0.25) is 4.79 Å². The number of aromatic nitrogens is 3. The number of hydrogen-bond acceptors (Lipinski definition) is 6. The minimum Gasteiger partial charge on any atom is -0.388 e. The summed E-state index contributed by atoms with van der Waals surface area (Å²) in [5.74, 6) is -0.309. The second-order valence-corrected chi connectivity index (χ2v) is 9.05. The maximum atomic E-state index is 13.4. The van der Waals surface area contributed by atoms with Crippen molar-refractivity contribution in [2.24, 2.45) is 0 Å². The zero-order valence-electron chi connectivity index (χ0n) is 17.1. The van der Waals surface area contributed by atoms with Crippen LogP contribution >= 0.6 is 11.3 Å². The average molecular weight is 429 g/mol. The first-order valence-electron chi connectivity index (χ1n) is 10.1. The molecule has 0 aliphatic heterocycles. The summed E-state index contributed by atoms with van der Waals surface area (Å²) in [5.41, 5.74) is 0.951. The molecule has 158 valence electrons. The number of halogens is 1. The molecular weight excluding hydrogens is 403 g/mol. The van der Waals surface area contributed by atoms with E-state index in [4.69, 9.17) is 4.98 Å². The topological polar surface area (TPSA) is 71.2 Å². The Morgan fingerprint density at radius 1 is 1.13 bits per heavy atom. The highest BCUT2D eigenvalue weighted by molar-refractivity contribution is 7.19. The quantitative estimate of drug-likeness (QED) is 0.667. The third-order valence-corrected chi connectivity index (χ3v) is 6.69. The fourth-order valence-corrected chi connectivity index (χ4v) is 4.78. The molecule has 1 fully saturated rings. The van der Waals surface area contributed by atoms with Crippen molar-refractivity contribution in [3.63, 3.8) is 0 Å². The molecule has 1 saturated carbocycles. The van der Waals surface area contributed by atoms with Gasteiger partial charge < -0.3 is 10.0 Å². The summed E-state index contributed by atoms with van der Waals surface area (Å²) >= 11 is 1.46. The summed E-state index contributed by atoms with van der Waals surface area (Å²) in [6, 6.07) is 9.35. The molecule has 6 nitrogen and oxygen atoms in total. The standard InChI is InChI=1S/C22H25FN4O2S/c1-26(2)21-24-19(15-6-8-16(23)9-7-15)20(30-21)17-10-11-18(28)27(25-17)14-22(29)12-4-3-5-13-22/h6-11,29H,3-5,12-14H2,1-2H3. The fraction of sp³-hybridized carbons (Fsp3) is 0.409. The molecule has 2 aromatic heterocycles. The maximum Gasteiger partial charge on any atom is 0.266 e. The number of nitrogens with zero attached hydrogens (tertiary/aromatic N) is 4. The highest BCUT2D eigenvalue weighted by Gasteiger charge is 2.30. The zero-order valence-corrected chi connectivity index (χ0v) is 18.0. The minimum absolute atomic E-state index is 0.185. The highest BCUT2D eigenvalue weighted by atomic mass is 32.1. The molecule has 0 spiro atoms. The predicted molar refractivity (Wildman–Crippen MR) is 117 cm³/mol. The van der Waals surface area contributed by atoms with Gasteiger partial charge in [-0.05, 0) is 43.2 Å². The lowest BCUT2D eigenvalue weighted by atomic mass is 9.85. The van der Waals surface area contributed by atoms with Gasteiger partial charge in [0.2, 0.25) is 0 Å². The molecule has 0 amide bonds. The second kappa shape index (κ2) is 8.28. The van der Waals surface area contributed by atoms with Crippen LogP contribution in [0.1, 0.15) is 32.1 Å². The molecule has 1 aliphatic rings. The summed E-state index contributed by atoms with van der Waals surface area (Å²) in [7, 11) is 3.81. The Morgan fingerprint density at radius 3 is 2.50 bits per heavy atom. The van der Waals surface area contributed by atoms with E-state index >= 15 is 0 Å². The number of thiazole rings is 1. The number of aliphatic hydroxyl groups is 1. The Labute approximate surface area is 178 Å². The molecule has 0 saturated heterocycles. The van der Waals surface area contributed by atoms with E-state index in [1.807, 2.05) is 19.0 Å². The Kier molecular flexibility index (Phi) is 5.71. The Morgan fingerprint density at radius 2 is 1.83 bits per heavy atom. The normalized spacial score (nSPS) is 15.9. The predicted octanol–water partition coefficient (Wildman–Crippen LogP) is 3.93. The molecule has 0 unspecified atom stereocenters. The van der Waals surface area contributed by atoms with Crippen LogP contribution < -0.4 is 10.5 Å². The smallest absolute Gasteiger partial charge is 0.266 e. The van der Waals surface area contributed by atoms with Crippen molar-refractivity contribution < 1.29 is 9.50 Å². The molecule has 2 heterocycles. The van der Waals surface area contributed by atoms with Crippen LogP contribution in [0.4, 0.5) is 9.52 Å². The Hall–Kier alpha value is -2.58. The first kappa shape index (κ1) is 20.7. The fourth-order valence-electron chi connectivity index (χ4n) is 3.81. The van der Waals surface area contributed by atoms with Gasteiger partial charge in [0.15, 0.2) is 5.13 Å². The van der Waals surface area contributed by atoms with Crippen LogP contribution in [-0.4, -0.2) is 39.6 Å². The molecule has 30 heavy (non-hydrogen) atoms. The first-order chi connectivity index (χ1) is 14.3. The van der Waals surface area contributed by atoms with Crippen LogP contribution in [0, 0.1) is 5.82 Å². The molecule has 3 aromatic rings. The third kappa shape index (κ3) is 4.29. The van der Waals surface area contributed by atoms with Crippen molar-refractivity contribution in [2.45, 2.75) is 44.2 Å².